The second-order valence-corrected chi connectivity index (χ2v) is 5.99. The van der Waals surface area contributed by atoms with Crippen LogP contribution in [-0.2, 0) is 15.1 Å². The molecule has 1 aliphatic heterocycles. The summed E-state index contributed by atoms with van der Waals surface area (Å²) in [7, 11) is 0. The zero-order chi connectivity index (χ0) is 14.9. The first-order valence-electron chi connectivity index (χ1n) is 7.46. The van der Waals surface area contributed by atoms with E-state index in [1.54, 1.807) is 0 Å². The first-order chi connectivity index (χ1) is 10.1. The Hall–Kier alpha value is -1.69. The van der Waals surface area contributed by atoms with Crippen molar-refractivity contribution < 1.29 is 19.2 Å². The molecular weight excluding hydrogens is 272 g/mol. The van der Waals surface area contributed by atoms with E-state index in [0.717, 1.165) is 19.3 Å². The third kappa shape index (κ3) is 2.72. The van der Waals surface area contributed by atoms with Crippen molar-refractivity contribution in [3.8, 4) is 0 Å². The molecule has 0 spiro atoms. The molecule has 1 aliphatic carbocycles. The molecule has 1 saturated heterocycles. The predicted octanol–water partition coefficient (Wildman–Crippen LogP) is 2.62. The molecule has 2 aliphatic rings. The molecule has 0 amide bonds. The minimum absolute atomic E-state index is 0.249. The Morgan fingerprint density at radius 3 is 2.90 bits per heavy atom. The third-order valence-electron chi connectivity index (χ3n) is 4.45. The molecule has 21 heavy (non-hydrogen) atoms. The van der Waals surface area contributed by atoms with Gasteiger partial charge in [-0.2, -0.15) is 4.98 Å². The van der Waals surface area contributed by atoms with Crippen LogP contribution >= 0.6 is 0 Å². The molecule has 1 aromatic rings. The molecule has 2 heterocycles. The SMILES string of the molecule is CC1(c2noc([C@@H]3CC=CC[C@@H]3C(=O)O)n2)CCCCO1. The van der Waals surface area contributed by atoms with Crippen LogP contribution in [0.4, 0.5) is 0 Å². The Morgan fingerprint density at radius 1 is 1.38 bits per heavy atom. The van der Waals surface area contributed by atoms with Crippen molar-refractivity contribution in [1.29, 1.82) is 0 Å². The fourth-order valence-corrected chi connectivity index (χ4v) is 3.07. The van der Waals surface area contributed by atoms with Crippen LogP contribution < -0.4 is 0 Å². The van der Waals surface area contributed by atoms with Crippen molar-refractivity contribution in [3.05, 3.63) is 23.9 Å². The van der Waals surface area contributed by atoms with Gasteiger partial charge in [-0.3, -0.25) is 4.79 Å². The molecule has 3 atom stereocenters. The molecule has 1 unspecified atom stereocenters. The van der Waals surface area contributed by atoms with Crippen LogP contribution in [0.2, 0.25) is 0 Å². The summed E-state index contributed by atoms with van der Waals surface area (Å²) < 4.78 is 11.2. The van der Waals surface area contributed by atoms with Gasteiger partial charge in [0.05, 0.1) is 11.8 Å². The highest BCUT2D eigenvalue weighted by atomic mass is 16.5. The first-order valence-corrected chi connectivity index (χ1v) is 7.46. The molecule has 114 valence electrons. The van der Waals surface area contributed by atoms with Crippen molar-refractivity contribution in [2.24, 2.45) is 5.92 Å². The minimum atomic E-state index is -0.816. The van der Waals surface area contributed by atoms with E-state index >= 15 is 0 Å². The standard InChI is InChI=1S/C15H20N2O4/c1-15(8-4-5-9-20-15)14-16-12(21-17-14)10-6-2-3-7-11(10)13(18)19/h2-3,10-11H,4-9H2,1H3,(H,18,19)/t10-,11+,15?/m1/s1. The predicted molar refractivity (Wildman–Crippen MR) is 73.7 cm³/mol. The van der Waals surface area contributed by atoms with Gasteiger partial charge in [0.25, 0.3) is 0 Å². The summed E-state index contributed by atoms with van der Waals surface area (Å²) in [5, 5.41) is 13.4. The highest BCUT2D eigenvalue weighted by Crippen LogP contribution is 2.37. The Labute approximate surface area is 123 Å². The number of ether oxygens (including phenoxy) is 1. The van der Waals surface area contributed by atoms with E-state index in [9.17, 15) is 9.90 Å². The number of rotatable bonds is 3. The van der Waals surface area contributed by atoms with Gasteiger partial charge in [0.1, 0.15) is 5.60 Å². The lowest BCUT2D eigenvalue weighted by Gasteiger charge is -2.30. The molecule has 0 saturated carbocycles. The second kappa shape index (κ2) is 5.60. The summed E-state index contributed by atoms with van der Waals surface area (Å²) in [6.07, 6.45) is 7.99. The van der Waals surface area contributed by atoms with E-state index in [4.69, 9.17) is 9.26 Å². The number of carboxylic acids is 1. The van der Waals surface area contributed by atoms with Crippen LogP contribution in [0, 0.1) is 5.92 Å². The third-order valence-corrected chi connectivity index (χ3v) is 4.45. The molecule has 0 bridgehead atoms. The van der Waals surface area contributed by atoms with Crippen molar-refractivity contribution in [1.82, 2.24) is 10.1 Å². The van der Waals surface area contributed by atoms with Gasteiger partial charge in [-0.05, 0) is 39.0 Å². The maximum absolute atomic E-state index is 11.4. The zero-order valence-electron chi connectivity index (χ0n) is 12.1. The lowest BCUT2D eigenvalue weighted by molar-refractivity contribution is -0.142. The molecule has 1 N–H and O–H groups in total. The van der Waals surface area contributed by atoms with E-state index < -0.39 is 17.5 Å². The molecule has 0 radical (unpaired) electrons. The molecule has 6 nitrogen and oxygen atoms in total. The molecule has 1 fully saturated rings. The number of nitrogens with zero attached hydrogens (tertiary/aromatic N) is 2. The van der Waals surface area contributed by atoms with E-state index in [1.165, 1.54) is 0 Å². The van der Waals surface area contributed by atoms with E-state index in [-0.39, 0.29) is 5.92 Å². The number of hydrogen-bond donors (Lipinski definition) is 1. The lowest BCUT2D eigenvalue weighted by Crippen LogP contribution is -2.31. The van der Waals surface area contributed by atoms with E-state index in [1.807, 2.05) is 19.1 Å². The summed E-state index contributed by atoms with van der Waals surface area (Å²) in [4.78, 5) is 15.8. The first kappa shape index (κ1) is 14.3. The van der Waals surface area contributed by atoms with Gasteiger partial charge in [0.15, 0.2) is 0 Å². The van der Waals surface area contributed by atoms with Gasteiger partial charge in [-0.1, -0.05) is 17.3 Å². The average Bonchev–Trinajstić information content (AvgIpc) is 2.98. The summed E-state index contributed by atoms with van der Waals surface area (Å²) in [5.74, 6) is -0.610. The van der Waals surface area contributed by atoms with Gasteiger partial charge in [-0.25, -0.2) is 0 Å². The smallest absolute Gasteiger partial charge is 0.307 e. The summed E-state index contributed by atoms with van der Waals surface area (Å²) in [5.41, 5.74) is -0.511. The van der Waals surface area contributed by atoms with Gasteiger partial charge in [0.2, 0.25) is 11.7 Å². The Bertz CT molecular complexity index is 546. The highest BCUT2D eigenvalue weighted by Gasteiger charge is 2.38. The number of allylic oxidation sites excluding steroid dienone is 2. The zero-order valence-corrected chi connectivity index (χ0v) is 12.1. The van der Waals surface area contributed by atoms with Crippen LogP contribution in [0.5, 0.6) is 0 Å². The maximum Gasteiger partial charge on any atom is 0.307 e. The Morgan fingerprint density at radius 2 is 2.19 bits per heavy atom. The highest BCUT2D eigenvalue weighted by molar-refractivity contribution is 5.71. The summed E-state index contributed by atoms with van der Waals surface area (Å²) in [6, 6.07) is 0. The Kier molecular flexibility index (Phi) is 3.80. The van der Waals surface area contributed by atoms with E-state index in [0.29, 0.717) is 31.2 Å². The monoisotopic (exact) mass is 292 g/mol. The van der Waals surface area contributed by atoms with Gasteiger partial charge < -0.3 is 14.4 Å². The Balaban J connectivity index is 1.83. The number of carbonyl (C=O) groups is 1. The lowest BCUT2D eigenvalue weighted by atomic mass is 9.83. The van der Waals surface area contributed by atoms with Crippen LogP contribution in [0.15, 0.2) is 16.7 Å². The van der Waals surface area contributed by atoms with Gasteiger partial charge in [0, 0.05) is 6.61 Å². The quantitative estimate of drug-likeness (QED) is 0.862. The molecule has 0 aromatic carbocycles. The second-order valence-electron chi connectivity index (χ2n) is 5.99. The number of aliphatic carboxylic acids is 1. The molecule has 6 heteroatoms. The van der Waals surface area contributed by atoms with Gasteiger partial charge in [-0.15, -0.1) is 0 Å². The fraction of sp³-hybridized carbons (Fsp3) is 0.667. The number of hydrogen-bond acceptors (Lipinski definition) is 5. The van der Waals surface area contributed by atoms with Crippen LogP contribution in [0.1, 0.15) is 56.7 Å². The fourth-order valence-electron chi connectivity index (χ4n) is 3.07. The maximum atomic E-state index is 11.4. The van der Waals surface area contributed by atoms with Crippen LogP contribution in [0.3, 0.4) is 0 Å². The van der Waals surface area contributed by atoms with Crippen molar-refractivity contribution in [3.63, 3.8) is 0 Å². The van der Waals surface area contributed by atoms with Gasteiger partial charge >= 0.3 is 5.97 Å². The van der Waals surface area contributed by atoms with Crippen molar-refractivity contribution in [2.75, 3.05) is 6.61 Å². The minimum Gasteiger partial charge on any atom is -0.481 e. The molecule has 1 aromatic heterocycles. The van der Waals surface area contributed by atoms with Crippen molar-refractivity contribution in [2.45, 2.75) is 50.5 Å². The number of carboxylic acid groups (broad SMARTS) is 1. The average molecular weight is 292 g/mol. The summed E-state index contributed by atoms with van der Waals surface area (Å²) >= 11 is 0. The van der Waals surface area contributed by atoms with Crippen LogP contribution in [0.25, 0.3) is 0 Å². The normalized spacial score (nSPS) is 33.0. The van der Waals surface area contributed by atoms with E-state index in [2.05, 4.69) is 10.1 Å². The number of aromatic nitrogens is 2. The van der Waals surface area contributed by atoms with Crippen LogP contribution in [-0.4, -0.2) is 27.8 Å². The topological polar surface area (TPSA) is 85.5 Å². The summed E-state index contributed by atoms with van der Waals surface area (Å²) in [6.45, 7) is 2.67. The molecule has 3 rings (SSSR count). The largest absolute Gasteiger partial charge is 0.481 e. The van der Waals surface area contributed by atoms with Crippen molar-refractivity contribution >= 4 is 5.97 Å². The molecular formula is C15H20N2O4.